The molecule has 64 valence electrons. The van der Waals surface area contributed by atoms with Gasteiger partial charge in [-0.3, -0.25) is 0 Å². The van der Waals surface area contributed by atoms with E-state index in [-0.39, 0.29) is 0 Å². The summed E-state index contributed by atoms with van der Waals surface area (Å²) in [6.45, 7) is 3.71. The molecular weight excluding hydrogens is 134 g/mol. The first-order valence-electron chi connectivity index (χ1n) is 5.09. The molecule has 1 heteroatoms. The van der Waals surface area contributed by atoms with Crippen LogP contribution in [0.4, 0.5) is 0 Å². The van der Waals surface area contributed by atoms with Crippen molar-refractivity contribution in [1.29, 1.82) is 0 Å². The van der Waals surface area contributed by atoms with Crippen LogP contribution >= 0.6 is 0 Å². The summed E-state index contributed by atoms with van der Waals surface area (Å²) in [7, 11) is 0. The maximum Gasteiger partial charge on any atom is 0.00928 e. The topological polar surface area (TPSA) is 12.0 Å². The molecule has 3 atom stereocenters. The lowest BCUT2D eigenvalue weighted by molar-refractivity contribution is 0.344. The van der Waals surface area contributed by atoms with E-state index < -0.39 is 0 Å². The maximum atomic E-state index is 3.69. The van der Waals surface area contributed by atoms with Gasteiger partial charge in [-0.2, -0.15) is 0 Å². The Bertz CT molecular complexity index is 129. The molecule has 2 bridgehead atoms. The summed E-state index contributed by atoms with van der Waals surface area (Å²) in [6.07, 6.45) is 7.31. The molecule has 0 saturated carbocycles. The Morgan fingerprint density at radius 1 is 1.09 bits per heavy atom. The largest absolute Gasteiger partial charge is 0.313 e. The highest BCUT2D eigenvalue weighted by molar-refractivity contribution is 4.83. The average molecular weight is 153 g/mol. The van der Waals surface area contributed by atoms with Gasteiger partial charge < -0.3 is 5.32 Å². The van der Waals surface area contributed by atoms with Crippen LogP contribution in [0.1, 0.15) is 39.0 Å². The minimum absolute atomic E-state index is 0.850. The molecule has 2 unspecified atom stereocenters. The van der Waals surface area contributed by atoms with E-state index in [1.165, 1.54) is 38.6 Å². The van der Waals surface area contributed by atoms with Crippen LogP contribution in [0, 0.1) is 11.8 Å². The van der Waals surface area contributed by atoms with E-state index in [4.69, 9.17) is 0 Å². The molecule has 11 heavy (non-hydrogen) atoms. The SMILES string of the molecule is C[C@@H]1CCC2CCCC1NC2. The minimum atomic E-state index is 0.850. The highest BCUT2D eigenvalue weighted by Gasteiger charge is 2.26. The molecule has 0 amide bonds. The predicted octanol–water partition coefficient (Wildman–Crippen LogP) is 2.17. The Balaban J connectivity index is 2.05. The minimum Gasteiger partial charge on any atom is -0.313 e. The molecule has 2 aliphatic rings. The summed E-state index contributed by atoms with van der Waals surface area (Å²) >= 11 is 0. The van der Waals surface area contributed by atoms with Crippen molar-refractivity contribution in [3.63, 3.8) is 0 Å². The molecule has 0 radical (unpaired) electrons. The molecule has 2 rings (SSSR count). The first kappa shape index (κ1) is 7.60. The molecule has 0 aromatic heterocycles. The fourth-order valence-electron chi connectivity index (χ4n) is 2.58. The van der Waals surface area contributed by atoms with Crippen molar-refractivity contribution >= 4 is 0 Å². The average Bonchev–Trinajstić information content (AvgIpc) is 2.29. The van der Waals surface area contributed by atoms with Crippen molar-refractivity contribution < 1.29 is 0 Å². The van der Waals surface area contributed by atoms with E-state index in [1.807, 2.05) is 0 Å². The second kappa shape index (κ2) is 3.14. The van der Waals surface area contributed by atoms with Gasteiger partial charge in [0, 0.05) is 6.04 Å². The van der Waals surface area contributed by atoms with Gasteiger partial charge >= 0.3 is 0 Å². The van der Waals surface area contributed by atoms with Gasteiger partial charge in [0.1, 0.15) is 0 Å². The van der Waals surface area contributed by atoms with Crippen LogP contribution in [-0.4, -0.2) is 12.6 Å². The first-order valence-corrected chi connectivity index (χ1v) is 5.09. The predicted molar refractivity (Wildman–Crippen MR) is 47.5 cm³/mol. The summed E-state index contributed by atoms with van der Waals surface area (Å²) in [5.41, 5.74) is 0. The molecule has 0 spiro atoms. The van der Waals surface area contributed by atoms with Crippen LogP contribution in [0.2, 0.25) is 0 Å². The van der Waals surface area contributed by atoms with Gasteiger partial charge in [-0.05, 0) is 44.1 Å². The van der Waals surface area contributed by atoms with E-state index in [0.717, 1.165) is 17.9 Å². The Morgan fingerprint density at radius 3 is 2.91 bits per heavy atom. The van der Waals surface area contributed by atoms with Gasteiger partial charge in [0.15, 0.2) is 0 Å². The van der Waals surface area contributed by atoms with E-state index >= 15 is 0 Å². The zero-order valence-corrected chi connectivity index (χ0v) is 7.47. The van der Waals surface area contributed by atoms with Gasteiger partial charge in [-0.15, -0.1) is 0 Å². The van der Waals surface area contributed by atoms with E-state index in [1.54, 1.807) is 0 Å². The molecule has 2 aliphatic heterocycles. The third kappa shape index (κ3) is 1.58. The second-order valence-corrected chi connectivity index (χ2v) is 4.37. The van der Waals surface area contributed by atoms with Gasteiger partial charge in [-0.25, -0.2) is 0 Å². The quantitative estimate of drug-likeness (QED) is 0.562. The fourth-order valence-corrected chi connectivity index (χ4v) is 2.58. The number of rotatable bonds is 0. The molecule has 1 N–H and O–H groups in total. The van der Waals surface area contributed by atoms with Crippen molar-refractivity contribution in [1.82, 2.24) is 5.32 Å². The number of nitrogens with one attached hydrogen (secondary N) is 1. The van der Waals surface area contributed by atoms with Crippen molar-refractivity contribution in [2.45, 2.75) is 45.1 Å². The van der Waals surface area contributed by atoms with Crippen molar-refractivity contribution in [3.05, 3.63) is 0 Å². The second-order valence-electron chi connectivity index (χ2n) is 4.37. The first-order chi connectivity index (χ1) is 5.36. The normalized spacial score (nSPS) is 45.0. The lowest BCUT2D eigenvalue weighted by atomic mass is 9.87. The molecule has 0 aliphatic carbocycles. The van der Waals surface area contributed by atoms with Crippen molar-refractivity contribution in [2.75, 3.05) is 6.54 Å². The summed E-state index contributed by atoms with van der Waals surface area (Å²) < 4.78 is 0. The van der Waals surface area contributed by atoms with Crippen LogP contribution in [-0.2, 0) is 0 Å². The monoisotopic (exact) mass is 153 g/mol. The number of hydrogen-bond acceptors (Lipinski definition) is 1. The van der Waals surface area contributed by atoms with E-state index in [2.05, 4.69) is 12.2 Å². The van der Waals surface area contributed by atoms with Crippen LogP contribution in [0.25, 0.3) is 0 Å². The Morgan fingerprint density at radius 2 is 2.00 bits per heavy atom. The molecule has 0 aromatic rings. The fraction of sp³-hybridized carbons (Fsp3) is 1.00. The van der Waals surface area contributed by atoms with Crippen LogP contribution in [0.3, 0.4) is 0 Å². The lowest BCUT2D eigenvalue weighted by Gasteiger charge is -2.22. The van der Waals surface area contributed by atoms with Crippen LogP contribution in [0.15, 0.2) is 0 Å². The number of hydrogen-bond donors (Lipinski definition) is 1. The van der Waals surface area contributed by atoms with Crippen molar-refractivity contribution in [2.24, 2.45) is 11.8 Å². The highest BCUT2D eigenvalue weighted by Crippen LogP contribution is 2.29. The van der Waals surface area contributed by atoms with Gasteiger partial charge in [0.05, 0.1) is 0 Å². The Kier molecular flexibility index (Phi) is 2.17. The van der Waals surface area contributed by atoms with Crippen LogP contribution < -0.4 is 5.32 Å². The van der Waals surface area contributed by atoms with E-state index in [9.17, 15) is 0 Å². The molecule has 2 fully saturated rings. The summed E-state index contributed by atoms with van der Waals surface area (Å²) in [5.74, 6) is 1.94. The Hall–Kier alpha value is -0.0400. The molecule has 2 heterocycles. The van der Waals surface area contributed by atoms with Gasteiger partial charge in [0.2, 0.25) is 0 Å². The maximum absolute atomic E-state index is 3.69. The van der Waals surface area contributed by atoms with Crippen molar-refractivity contribution in [3.8, 4) is 0 Å². The zero-order chi connectivity index (χ0) is 7.68. The summed E-state index contributed by atoms with van der Waals surface area (Å²) in [5, 5.41) is 3.69. The summed E-state index contributed by atoms with van der Waals surface area (Å²) in [4.78, 5) is 0. The van der Waals surface area contributed by atoms with Gasteiger partial charge in [0.25, 0.3) is 0 Å². The van der Waals surface area contributed by atoms with E-state index in [0.29, 0.717) is 0 Å². The van der Waals surface area contributed by atoms with Crippen LogP contribution in [0.5, 0.6) is 0 Å². The molecule has 2 saturated heterocycles. The smallest absolute Gasteiger partial charge is 0.00928 e. The summed E-state index contributed by atoms with van der Waals surface area (Å²) in [6, 6.07) is 0.850. The number of fused-ring (bicyclic) bond motifs is 3. The Labute approximate surface area is 69.6 Å². The molecule has 1 nitrogen and oxygen atoms in total. The zero-order valence-electron chi connectivity index (χ0n) is 7.47. The highest BCUT2D eigenvalue weighted by atomic mass is 14.9. The lowest BCUT2D eigenvalue weighted by Crippen LogP contribution is -2.32. The standard InChI is InChI=1S/C10H19N/c1-8-5-6-9-3-2-4-10(8)11-7-9/h8-11H,2-7H2,1H3/t8-,9?,10?/m1/s1. The molecule has 0 aromatic carbocycles. The molecular formula is C10H19N. The van der Waals surface area contributed by atoms with Gasteiger partial charge in [-0.1, -0.05) is 13.3 Å². The third-order valence-electron chi connectivity index (χ3n) is 3.51. The third-order valence-corrected chi connectivity index (χ3v) is 3.51.